The van der Waals surface area contributed by atoms with Gasteiger partial charge in [0.15, 0.2) is 0 Å². The largest absolute Gasteiger partial charge is 0.486 e. The maximum Gasteiger partial charge on any atom is 0.312 e. The van der Waals surface area contributed by atoms with Crippen molar-refractivity contribution in [2.75, 3.05) is 13.2 Å². The molecule has 1 saturated heterocycles. The SMILES string of the molecule is Cc1ccc(OCc2nc(CC(=O)O[C@H]3CNOC3)cs2)cc1. The normalized spacial score (nSPS) is 17.2. The van der Waals surface area contributed by atoms with Crippen molar-refractivity contribution in [3.8, 4) is 5.75 Å². The molecular weight excluding hydrogens is 316 g/mol. The second-order valence-electron chi connectivity index (χ2n) is 5.28. The molecule has 1 N–H and O–H groups in total. The lowest BCUT2D eigenvalue weighted by Gasteiger charge is -2.07. The number of benzene rings is 1. The number of rotatable bonds is 6. The molecule has 0 bridgehead atoms. The van der Waals surface area contributed by atoms with Crippen molar-refractivity contribution < 1.29 is 19.1 Å². The van der Waals surface area contributed by atoms with Gasteiger partial charge in [0.05, 0.1) is 18.7 Å². The molecule has 0 aliphatic carbocycles. The Hall–Kier alpha value is -1.96. The molecule has 2 heterocycles. The number of thiazole rings is 1. The summed E-state index contributed by atoms with van der Waals surface area (Å²) in [6.07, 6.45) is -0.0529. The van der Waals surface area contributed by atoms with E-state index in [-0.39, 0.29) is 18.5 Å². The Morgan fingerprint density at radius 3 is 3.00 bits per heavy atom. The fraction of sp³-hybridized carbons (Fsp3) is 0.375. The fourth-order valence-corrected chi connectivity index (χ4v) is 2.79. The molecule has 122 valence electrons. The smallest absolute Gasteiger partial charge is 0.312 e. The highest BCUT2D eigenvalue weighted by Gasteiger charge is 2.20. The standard InChI is InChI=1S/C16H18N2O4S/c1-11-2-4-13(5-3-11)20-9-15-18-12(10-23-15)6-16(19)22-14-7-17-21-8-14/h2-5,10,14,17H,6-9H2,1H3/t14-/m0/s1. The van der Waals surface area contributed by atoms with Gasteiger partial charge in [0.25, 0.3) is 0 Å². The monoisotopic (exact) mass is 334 g/mol. The molecule has 0 spiro atoms. The first kappa shape index (κ1) is 15.9. The van der Waals surface area contributed by atoms with E-state index in [1.165, 1.54) is 16.9 Å². The summed E-state index contributed by atoms with van der Waals surface area (Å²) in [5.74, 6) is 0.513. The van der Waals surface area contributed by atoms with Crippen LogP contribution in [0.4, 0.5) is 0 Å². The van der Waals surface area contributed by atoms with E-state index in [2.05, 4.69) is 10.5 Å². The number of hydrogen-bond acceptors (Lipinski definition) is 7. The van der Waals surface area contributed by atoms with Crippen molar-refractivity contribution in [1.29, 1.82) is 0 Å². The minimum absolute atomic E-state index is 0.164. The van der Waals surface area contributed by atoms with Gasteiger partial charge in [-0.25, -0.2) is 4.98 Å². The number of carbonyl (C=O) groups excluding carboxylic acids is 1. The van der Waals surface area contributed by atoms with Gasteiger partial charge in [0, 0.05) is 5.38 Å². The van der Waals surface area contributed by atoms with E-state index in [0.29, 0.717) is 25.5 Å². The number of aryl methyl sites for hydroxylation is 1. The molecule has 1 aromatic heterocycles. The zero-order chi connectivity index (χ0) is 16.1. The van der Waals surface area contributed by atoms with Gasteiger partial charge in [-0.05, 0) is 19.1 Å². The van der Waals surface area contributed by atoms with E-state index in [1.807, 2.05) is 36.6 Å². The van der Waals surface area contributed by atoms with Gasteiger partial charge in [-0.1, -0.05) is 17.7 Å². The van der Waals surface area contributed by atoms with E-state index in [1.54, 1.807) is 0 Å². The lowest BCUT2D eigenvalue weighted by molar-refractivity contribution is -0.147. The van der Waals surface area contributed by atoms with Crippen molar-refractivity contribution in [3.05, 3.63) is 45.9 Å². The molecule has 1 atom stereocenters. The van der Waals surface area contributed by atoms with Crippen LogP contribution < -0.4 is 10.2 Å². The van der Waals surface area contributed by atoms with Crippen LogP contribution in [0.25, 0.3) is 0 Å². The van der Waals surface area contributed by atoms with Crippen LogP contribution >= 0.6 is 11.3 Å². The maximum absolute atomic E-state index is 11.8. The first-order chi connectivity index (χ1) is 11.2. The number of nitrogens with one attached hydrogen (secondary N) is 1. The van der Waals surface area contributed by atoms with E-state index in [0.717, 1.165) is 10.8 Å². The van der Waals surface area contributed by atoms with Gasteiger partial charge in [-0.3, -0.25) is 9.63 Å². The Morgan fingerprint density at radius 2 is 2.26 bits per heavy atom. The van der Waals surface area contributed by atoms with Crippen molar-refractivity contribution in [3.63, 3.8) is 0 Å². The summed E-state index contributed by atoms with van der Waals surface area (Å²) >= 11 is 1.48. The van der Waals surface area contributed by atoms with Crippen LogP contribution in [-0.2, 0) is 27.4 Å². The highest BCUT2D eigenvalue weighted by atomic mass is 32.1. The first-order valence-corrected chi connectivity index (χ1v) is 8.24. The van der Waals surface area contributed by atoms with E-state index in [4.69, 9.17) is 14.3 Å². The maximum atomic E-state index is 11.8. The Kier molecular flexibility index (Phi) is 5.22. The minimum Gasteiger partial charge on any atom is -0.486 e. The van der Waals surface area contributed by atoms with Gasteiger partial charge in [-0.15, -0.1) is 11.3 Å². The van der Waals surface area contributed by atoms with Crippen LogP contribution in [-0.4, -0.2) is 30.2 Å². The van der Waals surface area contributed by atoms with Gasteiger partial charge in [0.1, 0.15) is 30.1 Å². The van der Waals surface area contributed by atoms with E-state index in [9.17, 15) is 4.79 Å². The summed E-state index contributed by atoms with van der Waals surface area (Å²) in [6.45, 7) is 3.34. The van der Waals surface area contributed by atoms with Crippen LogP contribution in [0.3, 0.4) is 0 Å². The molecule has 6 nitrogen and oxygen atoms in total. The lowest BCUT2D eigenvalue weighted by atomic mass is 10.2. The lowest BCUT2D eigenvalue weighted by Crippen LogP contribution is -2.23. The number of aromatic nitrogens is 1. The molecule has 3 rings (SSSR count). The average molecular weight is 334 g/mol. The zero-order valence-corrected chi connectivity index (χ0v) is 13.6. The third kappa shape index (κ3) is 4.75. The fourth-order valence-electron chi connectivity index (χ4n) is 2.09. The molecule has 0 radical (unpaired) electrons. The Balaban J connectivity index is 1.47. The summed E-state index contributed by atoms with van der Waals surface area (Å²) in [5, 5.41) is 2.69. The Bertz CT molecular complexity index is 650. The van der Waals surface area contributed by atoms with Crippen molar-refractivity contribution in [2.24, 2.45) is 0 Å². The van der Waals surface area contributed by atoms with Crippen molar-refractivity contribution in [2.45, 2.75) is 26.1 Å². The average Bonchev–Trinajstić information content (AvgIpc) is 3.19. The highest BCUT2D eigenvalue weighted by Crippen LogP contribution is 2.16. The molecule has 1 aromatic carbocycles. The van der Waals surface area contributed by atoms with Gasteiger partial charge < -0.3 is 9.47 Å². The molecule has 7 heteroatoms. The number of ether oxygens (including phenoxy) is 2. The molecular formula is C16H18N2O4S. The van der Waals surface area contributed by atoms with E-state index >= 15 is 0 Å². The van der Waals surface area contributed by atoms with Gasteiger partial charge >= 0.3 is 5.97 Å². The summed E-state index contributed by atoms with van der Waals surface area (Å²) in [5.41, 5.74) is 4.57. The summed E-state index contributed by atoms with van der Waals surface area (Å²) in [6, 6.07) is 7.86. The second kappa shape index (κ2) is 7.54. The van der Waals surface area contributed by atoms with Gasteiger partial charge in [0.2, 0.25) is 0 Å². The number of esters is 1. The van der Waals surface area contributed by atoms with Crippen LogP contribution in [0.1, 0.15) is 16.3 Å². The number of hydrogen-bond donors (Lipinski definition) is 1. The molecule has 1 aliphatic rings. The summed E-state index contributed by atoms with van der Waals surface area (Å²) in [7, 11) is 0. The Labute approximate surface area is 138 Å². The van der Waals surface area contributed by atoms with Crippen LogP contribution in [0, 0.1) is 6.92 Å². The van der Waals surface area contributed by atoms with Crippen LogP contribution in [0.2, 0.25) is 0 Å². The molecule has 1 aliphatic heterocycles. The van der Waals surface area contributed by atoms with Crippen molar-refractivity contribution >= 4 is 17.3 Å². The summed E-state index contributed by atoms with van der Waals surface area (Å²) in [4.78, 5) is 21.2. The zero-order valence-electron chi connectivity index (χ0n) is 12.8. The molecule has 1 fully saturated rings. The minimum atomic E-state index is -0.293. The molecule has 0 unspecified atom stereocenters. The number of nitrogens with zero attached hydrogens (tertiary/aromatic N) is 1. The van der Waals surface area contributed by atoms with Crippen molar-refractivity contribution in [1.82, 2.24) is 10.5 Å². The molecule has 23 heavy (non-hydrogen) atoms. The Morgan fingerprint density at radius 1 is 1.43 bits per heavy atom. The third-order valence-corrected chi connectivity index (χ3v) is 4.16. The molecule has 0 amide bonds. The van der Waals surface area contributed by atoms with Crippen LogP contribution in [0.5, 0.6) is 5.75 Å². The number of hydroxylamine groups is 1. The number of carbonyl (C=O) groups is 1. The summed E-state index contributed by atoms with van der Waals surface area (Å²) < 4.78 is 11.0. The molecule has 2 aromatic rings. The highest BCUT2D eigenvalue weighted by molar-refractivity contribution is 7.09. The molecule has 0 saturated carbocycles. The van der Waals surface area contributed by atoms with Crippen LogP contribution in [0.15, 0.2) is 29.6 Å². The quantitative estimate of drug-likeness (QED) is 0.815. The predicted molar refractivity (Wildman–Crippen MR) is 85.2 cm³/mol. The van der Waals surface area contributed by atoms with Gasteiger partial charge in [-0.2, -0.15) is 5.48 Å². The van der Waals surface area contributed by atoms with E-state index < -0.39 is 0 Å². The second-order valence-corrected chi connectivity index (χ2v) is 6.23. The predicted octanol–water partition coefficient (Wildman–Crippen LogP) is 2.02. The third-order valence-electron chi connectivity index (χ3n) is 3.29. The topological polar surface area (TPSA) is 69.7 Å². The first-order valence-electron chi connectivity index (χ1n) is 7.36.